The van der Waals surface area contributed by atoms with Crippen molar-refractivity contribution in [2.24, 2.45) is 5.41 Å². The lowest BCUT2D eigenvalue weighted by Gasteiger charge is -2.29. The van der Waals surface area contributed by atoms with Crippen molar-refractivity contribution in [3.63, 3.8) is 0 Å². The predicted octanol–water partition coefficient (Wildman–Crippen LogP) is 3.29. The molecule has 1 N–H and O–H groups in total. The maximum Gasteiger partial charge on any atom is 0.126 e. The largest absolute Gasteiger partial charge is 0.319 e. The summed E-state index contributed by atoms with van der Waals surface area (Å²) in [6, 6.07) is 3.75. The third-order valence-corrected chi connectivity index (χ3v) is 3.79. The summed E-state index contributed by atoms with van der Waals surface area (Å²) in [5.74, 6) is -0.632. The van der Waals surface area contributed by atoms with Gasteiger partial charge in [0.15, 0.2) is 0 Å². The summed E-state index contributed by atoms with van der Waals surface area (Å²) >= 11 is 0. The number of rotatable bonds is 4. The van der Waals surface area contributed by atoms with E-state index >= 15 is 0 Å². The molecule has 0 unspecified atom stereocenters. The third kappa shape index (κ3) is 2.83. The molecular formula is C14H19F2N. The molecule has 0 aromatic heterocycles. The van der Waals surface area contributed by atoms with Crippen molar-refractivity contribution in [1.82, 2.24) is 5.32 Å². The van der Waals surface area contributed by atoms with Gasteiger partial charge in [0.1, 0.15) is 11.6 Å². The van der Waals surface area contributed by atoms with Gasteiger partial charge in [-0.1, -0.05) is 12.8 Å². The van der Waals surface area contributed by atoms with Gasteiger partial charge in [-0.25, -0.2) is 8.78 Å². The first-order valence-electron chi connectivity index (χ1n) is 6.24. The molecule has 0 atom stereocenters. The maximum absolute atomic E-state index is 13.6. The van der Waals surface area contributed by atoms with Crippen molar-refractivity contribution in [1.29, 1.82) is 0 Å². The van der Waals surface area contributed by atoms with Crippen LogP contribution in [0.2, 0.25) is 0 Å². The molecule has 1 fully saturated rings. The van der Waals surface area contributed by atoms with Gasteiger partial charge in [-0.05, 0) is 55.5 Å². The van der Waals surface area contributed by atoms with Gasteiger partial charge < -0.3 is 5.32 Å². The number of hydrogen-bond acceptors (Lipinski definition) is 1. The molecule has 1 aliphatic rings. The van der Waals surface area contributed by atoms with Gasteiger partial charge in [-0.15, -0.1) is 0 Å². The molecule has 0 aliphatic heterocycles. The standard InChI is InChI=1S/C14H19F2N/c1-17-10-14(6-2-3-7-14)9-11-8-12(15)4-5-13(11)16/h4-5,8,17H,2-3,6-7,9-10H2,1H3. The molecule has 1 aromatic carbocycles. The van der Waals surface area contributed by atoms with Crippen molar-refractivity contribution in [3.8, 4) is 0 Å². The molecule has 17 heavy (non-hydrogen) atoms. The molecule has 1 nitrogen and oxygen atoms in total. The Morgan fingerprint density at radius 1 is 1.24 bits per heavy atom. The lowest BCUT2D eigenvalue weighted by atomic mass is 9.80. The summed E-state index contributed by atoms with van der Waals surface area (Å²) in [7, 11) is 1.92. The minimum absolute atomic E-state index is 0.114. The second kappa shape index (κ2) is 5.13. The van der Waals surface area contributed by atoms with E-state index in [-0.39, 0.29) is 17.0 Å². The van der Waals surface area contributed by atoms with E-state index < -0.39 is 0 Å². The highest BCUT2D eigenvalue weighted by molar-refractivity contribution is 5.20. The van der Waals surface area contributed by atoms with Crippen LogP contribution in [0.15, 0.2) is 18.2 Å². The van der Waals surface area contributed by atoms with E-state index in [1.54, 1.807) is 0 Å². The molecule has 0 heterocycles. The van der Waals surface area contributed by atoms with Crippen LogP contribution in [0.3, 0.4) is 0 Å². The molecule has 2 rings (SSSR count). The van der Waals surface area contributed by atoms with Crippen molar-refractivity contribution < 1.29 is 8.78 Å². The summed E-state index contributed by atoms with van der Waals surface area (Å²) in [6.45, 7) is 0.878. The Bertz CT molecular complexity index is 384. The molecule has 1 saturated carbocycles. The third-order valence-electron chi connectivity index (χ3n) is 3.79. The number of nitrogens with one attached hydrogen (secondary N) is 1. The molecule has 0 spiro atoms. The Morgan fingerprint density at radius 3 is 2.59 bits per heavy atom. The van der Waals surface area contributed by atoms with Gasteiger partial charge in [-0.3, -0.25) is 0 Å². The highest BCUT2D eigenvalue weighted by Gasteiger charge is 2.34. The average Bonchev–Trinajstić information content (AvgIpc) is 2.73. The molecule has 0 radical (unpaired) electrons. The second-order valence-corrected chi connectivity index (χ2v) is 5.15. The van der Waals surface area contributed by atoms with Gasteiger partial charge in [0.25, 0.3) is 0 Å². The highest BCUT2D eigenvalue weighted by atomic mass is 19.1. The Kier molecular flexibility index (Phi) is 3.77. The zero-order valence-electron chi connectivity index (χ0n) is 10.2. The number of benzene rings is 1. The monoisotopic (exact) mass is 239 g/mol. The van der Waals surface area contributed by atoms with E-state index in [0.29, 0.717) is 12.0 Å². The molecule has 0 amide bonds. The van der Waals surface area contributed by atoms with E-state index in [0.717, 1.165) is 19.4 Å². The zero-order chi connectivity index (χ0) is 12.3. The van der Waals surface area contributed by atoms with Crippen molar-refractivity contribution >= 4 is 0 Å². The Hall–Kier alpha value is -0.960. The first-order chi connectivity index (χ1) is 8.15. The Labute approximate surface area is 101 Å². The zero-order valence-corrected chi connectivity index (χ0v) is 10.2. The lowest BCUT2D eigenvalue weighted by Crippen LogP contribution is -2.32. The van der Waals surface area contributed by atoms with Gasteiger partial charge in [0.2, 0.25) is 0 Å². The fourth-order valence-corrected chi connectivity index (χ4v) is 3.00. The molecule has 3 heteroatoms. The van der Waals surface area contributed by atoms with Crippen LogP contribution in [-0.2, 0) is 6.42 Å². The fraction of sp³-hybridized carbons (Fsp3) is 0.571. The van der Waals surface area contributed by atoms with Crippen LogP contribution in [0.5, 0.6) is 0 Å². The maximum atomic E-state index is 13.6. The fourth-order valence-electron chi connectivity index (χ4n) is 3.00. The van der Waals surface area contributed by atoms with Crippen LogP contribution in [0.25, 0.3) is 0 Å². The van der Waals surface area contributed by atoms with Crippen molar-refractivity contribution in [3.05, 3.63) is 35.4 Å². The van der Waals surface area contributed by atoms with Crippen LogP contribution in [0.4, 0.5) is 8.78 Å². The normalized spacial score (nSPS) is 18.5. The van der Waals surface area contributed by atoms with Gasteiger partial charge >= 0.3 is 0 Å². The summed E-state index contributed by atoms with van der Waals surface area (Å²) in [4.78, 5) is 0. The van der Waals surface area contributed by atoms with Crippen molar-refractivity contribution in [2.75, 3.05) is 13.6 Å². The summed E-state index contributed by atoms with van der Waals surface area (Å²) in [5, 5.41) is 3.19. The minimum Gasteiger partial charge on any atom is -0.319 e. The van der Waals surface area contributed by atoms with Crippen molar-refractivity contribution in [2.45, 2.75) is 32.1 Å². The smallest absolute Gasteiger partial charge is 0.126 e. The minimum atomic E-state index is -0.348. The van der Waals surface area contributed by atoms with Crippen LogP contribution >= 0.6 is 0 Å². The van der Waals surface area contributed by atoms with Crippen LogP contribution in [0.1, 0.15) is 31.2 Å². The average molecular weight is 239 g/mol. The summed E-state index contributed by atoms with van der Waals surface area (Å²) < 4.78 is 26.8. The molecule has 0 bridgehead atoms. The first-order valence-corrected chi connectivity index (χ1v) is 6.24. The van der Waals surface area contributed by atoms with E-state index in [1.165, 1.54) is 31.0 Å². The molecule has 1 aliphatic carbocycles. The highest BCUT2D eigenvalue weighted by Crippen LogP contribution is 2.40. The van der Waals surface area contributed by atoms with E-state index in [4.69, 9.17) is 0 Å². The quantitative estimate of drug-likeness (QED) is 0.850. The van der Waals surface area contributed by atoms with E-state index in [1.807, 2.05) is 7.05 Å². The van der Waals surface area contributed by atoms with Crippen LogP contribution in [0, 0.1) is 17.0 Å². The van der Waals surface area contributed by atoms with Gasteiger partial charge in [0.05, 0.1) is 0 Å². The predicted molar refractivity (Wildman–Crippen MR) is 64.9 cm³/mol. The lowest BCUT2D eigenvalue weighted by molar-refractivity contribution is 0.282. The molecule has 94 valence electrons. The van der Waals surface area contributed by atoms with E-state index in [2.05, 4.69) is 5.32 Å². The number of hydrogen-bond donors (Lipinski definition) is 1. The molecule has 0 saturated heterocycles. The topological polar surface area (TPSA) is 12.0 Å². The first kappa shape index (κ1) is 12.5. The van der Waals surface area contributed by atoms with E-state index in [9.17, 15) is 8.78 Å². The summed E-state index contributed by atoms with van der Waals surface area (Å²) in [5.41, 5.74) is 0.630. The summed E-state index contributed by atoms with van der Waals surface area (Å²) in [6.07, 6.45) is 5.22. The van der Waals surface area contributed by atoms with Gasteiger partial charge in [-0.2, -0.15) is 0 Å². The number of halogens is 2. The Morgan fingerprint density at radius 2 is 1.94 bits per heavy atom. The van der Waals surface area contributed by atoms with Crippen LogP contribution in [-0.4, -0.2) is 13.6 Å². The molecule has 1 aromatic rings. The van der Waals surface area contributed by atoms with Gasteiger partial charge in [0, 0.05) is 6.54 Å². The van der Waals surface area contributed by atoms with Crippen LogP contribution < -0.4 is 5.32 Å². The Balaban J connectivity index is 2.19. The second-order valence-electron chi connectivity index (χ2n) is 5.15. The molecular weight excluding hydrogens is 220 g/mol. The SMILES string of the molecule is CNCC1(Cc2cc(F)ccc2F)CCCC1.